The number of carbonyl (C=O) groups is 2. The van der Waals surface area contributed by atoms with Crippen LogP contribution in [0.2, 0.25) is 0 Å². The minimum Gasteiger partial charge on any atom is -0.481 e. The van der Waals surface area contributed by atoms with Crippen molar-refractivity contribution in [3.05, 3.63) is 54.6 Å². The number of para-hydroxylation sites is 2. The lowest BCUT2D eigenvalue weighted by molar-refractivity contribution is -0.146. The van der Waals surface area contributed by atoms with Gasteiger partial charge in [0.15, 0.2) is 4.34 Å². The molecule has 8 heteroatoms. The Labute approximate surface area is 169 Å². The molecule has 5 nitrogen and oxygen atoms in total. The highest BCUT2D eigenvalue weighted by Gasteiger charge is 2.23. The second-order valence-electron chi connectivity index (χ2n) is 5.28. The van der Waals surface area contributed by atoms with Crippen molar-refractivity contribution < 1.29 is 19.4 Å². The Morgan fingerprint density at radius 2 is 1.81 bits per heavy atom. The van der Waals surface area contributed by atoms with Crippen molar-refractivity contribution in [2.75, 3.05) is 5.75 Å². The first kappa shape index (κ1) is 20.5. The Balaban J connectivity index is 0.00000243. The summed E-state index contributed by atoms with van der Waals surface area (Å²) >= 11 is 2.86. The highest BCUT2D eigenvalue weighted by molar-refractivity contribution is 8.01. The molecule has 3 rings (SSSR count). The van der Waals surface area contributed by atoms with E-state index in [1.807, 2.05) is 30.3 Å². The average molecular weight is 400 g/mol. The predicted octanol–water partition coefficient (Wildman–Crippen LogP) is 3.70. The summed E-state index contributed by atoms with van der Waals surface area (Å²) in [5, 5.41) is 9.37. The molecule has 2 aromatic carbocycles. The van der Waals surface area contributed by atoms with Gasteiger partial charge in [-0.25, -0.2) is 4.98 Å². The van der Waals surface area contributed by atoms with E-state index in [2.05, 4.69) is 4.98 Å². The monoisotopic (exact) mass is 400 g/mol. The molecule has 0 fully saturated rings. The number of carboxylic acids is 1. The van der Waals surface area contributed by atoms with Crippen molar-refractivity contribution in [1.29, 1.82) is 0 Å². The molecular formula is C18H15AlNO4S2. The number of ether oxygens (including phenoxy) is 1. The van der Waals surface area contributed by atoms with E-state index in [9.17, 15) is 14.7 Å². The van der Waals surface area contributed by atoms with Gasteiger partial charge in [0, 0.05) is 23.1 Å². The molecule has 0 saturated carbocycles. The number of rotatable bonds is 7. The summed E-state index contributed by atoms with van der Waals surface area (Å²) in [5.41, 5.74) is 0.894. The van der Waals surface area contributed by atoms with E-state index < -0.39 is 17.9 Å². The number of carbonyl (C=O) groups excluding carboxylic acids is 1. The van der Waals surface area contributed by atoms with Crippen LogP contribution in [0.15, 0.2) is 58.9 Å². The van der Waals surface area contributed by atoms with E-state index in [4.69, 9.17) is 4.74 Å². The zero-order valence-electron chi connectivity index (χ0n) is 13.7. The smallest absolute Gasteiger partial charge is 0.312 e. The number of thiazole rings is 1. The number of hydrogen-bond acceptors (Lipinski definition) is 6. The number of aliphatic carboxylic acids is 1. The molecule has 26 heavy (non-hydrogen) atoms. The van der Waals surface area contributed by atoms with Gasteiger partial charge in [0.1, 0.15) is 5.75 Å². The Kier molecular flexibility index (Phi) is 7.67. The second kappa shape index (κ2) is 9.74. The van der Waals surface area contributed by atoms with Crippen LogP contribution in [0, 0.1) is 5.92 Å². The topological polar surface area (TPSA) is 76.5 Å². The summed E-state index contributed by atoms with van der Waals surface area (Å²) in [6.07, 6.45) is -0.178. The number of nitrogens with zero attached hydrogens (tertiary/aromatic N) is 1. The maximum absolute atomic E-state index is 12.0. The molecule has 1 heterocycles. The third-order valence-electron chi connectivity index (χ3n) is 3.42. The van der Waals surface area contributed by atoms with Crippen LogP contribution in [0.5, 0.6) is 5.75 Å². The van der Waals surface area contributed by atoms with Crippen LogP contribution in [-0.4, -0.2) is 45.1 Å². The number of benzene rings is 2. The largest absolute Gasteiger partial charge is 0.481 e. The molecule has 0 aliphatic carbocycles. The SMILES string of the molecule is O=C(CC(CSc1nc2ccccc2s1)C(=O)O)Oc1ccccc1.[Al]. The van der Waals surface area contributed by atoms with Crippen LogP contribution >= 0.6 is 23.1 Å². The first-order valence-corrected chi connectivity index (χ1v) is 9.39. The van der Waals surface area contributed by atoms with Crippen LogP contribution in [0.1, 0.15) is 6.42 Å². The number of carboxylic acid groups (broad SMARTS) is 1. The van der Waals surface area contributed by atoms with Crippen LogP contribution in [0.3, 0.4) is 0 Å². The summed E-state index contributed by atoms with van der Waals surface area (Å²) in [6, 6.07) is 16.4. The number of esters is 1. The summed E-state index contributed by atoms with van der Waals surface area (Å²) in [4.78, 5) is 27.9. The number of hydrogen-bond donors (Lipinski definition) is 1. The Morgan fingerprint density at radius 3 is 2.50 bits per heavy atom. The Bertz CT molecular complexity index is 852. The van der Waals surface area contributed by atoms with Gasteiger partial charge >= 0.3 is 11.9 Å². The molecule has 3 aromatic rings. The summed E-state index contributed by atoms with van der Waals surface area (Å²) in [6.45, 7) is 0. The molecule has 131 valence electrons. The van der Waals surface area contributed by atoms with E-state index >= 15 is 0 Å². The van der Waals surface area contributed by atoms with Crippen molar-refractivity contribution >= 4 is 62.6 Å². The van der Waals surface area contributed by atoms with E-state index in [-0.39, 0.29) is 29.5 Å². The molecule has 1 atom stereocenters. The fraction of sp³-hybridized carbons (Fsp3) is 0.167. The van der Waals surface area contributed by atoms with Crippen LogP contribution in [-0.2, 0) is 9.59 Å². The summed E-state index contributed by atoms with van der Waals surface area (Å²) in [5.74, 6) is -1.72. The van der Waals surface area contributed by atoms with Gasteiger partial charge in [-0.2, -0.15) is 0 Å². The van der Waals surface area contributed by atoms with Gasteiger partial charge in [-0.05, 0) is 24.3 Å². The lowest BCUT2D eigenvalue weighted by Gasteiger charge is -2.10. The van der Waals surface area contributed by atoms with Gasteiger partial charge in [-0.1, -0.05) is 42.1 Å². The highest BCUT2D eigenvalue weighted by atomic mass is 32.2. The van der Waals surface area contributed by atoms with Crippen molar-refractivity contribution in [2.24, 2.45) is 5.92 Å². The van der Waals surface area contributed by atoms with E-state index in [1.54, 1.807) is 24.3 Å². The quantitative estimate of drug-likeness (QED) is 0.282. The van der Waals surface area contributed by atoms with E-state index in [0.717, 1.165) is 14.6 Å². The fourth-order valence-corrected chi connectivity index (χ4v) is 4.34. The minimum absolute atomic E-state index is 0. The van der Waals surface area contributed by atoms with Gasteiger partial charge in [-0.3, -0.25) is 9.59 Å². The summed E-state index contributed by atoms with van der Waals surface area (Å²) < 4.78 is 7.02. The molecule has 1 N–H and O–H groups in total. The average Bonchev–Trinajstić information content (AvgIpc) is 3.02. The molecular weight excluding hydrogens is 385 g/mol. The number of fused-ring (bicyclic) bond motifs is 1. The number of aromatic nitrogens is 1. The molecule has 0 saturated heterocycles. The summed E-state index contributed by atoms with van der Waals surface area (Å²) in [7, 11) is 0. The van der Waals surface area contributed by atoms with Crippen molar-refractivity contribution in [3.8, 4) is 5.75 Å². The van der Waals surface area contributed by atoms with E-state index in [0.29, 0.717) is 5.75 Å². The lowest BCUT2D eigenvalue weighted by atomic mass is 10.1. The zero-order valence-corrected chi connectivity index (χ0v) is 16.5. The second-order valence-corrected chi connectivity index (χ2v) is 7.58. The standard InChI is InChI=1S/C18H15NO4S2.Al/c20-16(23-13-6-2-1-3-7-13)10-12(17(21)22)11-24-18-19-14-8-4-5-9-15(14)25-18;/h1-9,12H,10-11H2,(H,21,22);. The van der Waals surface area contributed by atoms with E-state index in [1.165, 1.54) is 23.1 Å². The molecule has 0 bridgehead atoms. The van der Waals surface area contributed by atoms with Gasteiger partial charge in [0.2, 0.25) is 0 Å². The van der Waals surface area contributed by atoms with Crippen LogP contribution in [0.4, 0.5) is 0 Å². The van der Waals surface area contributed by atoms with Gasteiger partial charge in [0.05, 0.1) is 22.6 Å². The first-order chi connectivity index (χ1) is 12.1. The fourth-order valence-electron chi connectivity index (χ4n) is 2.17. The van der Waals surface area contributed by atoms with Crippen molar-refractivity contribution in [1.82, 2.24) is 4.98 Å². The molecule has 1 unspecified atom stereocenters. The first-order valence-electron chi connectivity index (χ1n) is 7.59. The van der Waals surface area contributed by atoms with Gasteiger partial charge in [-0.15, -0.1) is 11.3 Å². The predicted molar refractivity (Wildman–Crippen MR) is 104 cm³/mol. The molecule has 0 aliphatic heterocycles. The normalized spacial score (nSPS) is 11.5. The molecule has 0 aliphatic rings. The van der Waals surface area contributed by atoms with Crippen molar-refractivity contribution in [2.45, 2.75) is 10.8 Å². The molecule has 0 amide bonds. The van der Waals surface area contributed by atoms with Crippen molar-refractivity contribution in [3.63, 3.8) is 0 Å². The Hall–Kier alpha value is -1.85. The van der Waals surface area contributed by atoms with Gasteiger partial charge < -0.3 is 9.84 Å². The maximum Gasteiger partial charge on any atom is 0.312 e. The van der Waals surface area contributed by atoms with Crippen LogP contribution < -0.4 is 4.74 Å². The third kappa shape index (κ3) is 5.58. The lowest BCUT2D eigenvalue weighted by Crippen LogP contribution is -2.22. The third-order valence-corrected chi connectivity index (χ3v) is 5.76. The Morgan fingerprint density at radius 1 is 1.12 bits per heavy atom. The number of thioether (sulfide) groups is 1. The van der Waals surface area contributed by atoms with Gasteiger partial charge in [0.25, 0.3) is 0 Å². The minimum atomic E-state index is -1.02. The molecule has 3 radical (unpaired) electrons. The molecule has 1 aromatic heterocycles. The highest BCUT2D eigenvalue weighted by Crippen LogP contribution is 2.31. The zero-order chi connectivity index (χ0) is 17.6. The van der Waals surface area contributed by atoms with Crippen LogP contribution in [0.25, 0.3) is 10.2 Å². The molecule has 0 spiro atoms. The maximum atomic E-state index is 12.0.